The fraction of sp³-hybridized carbons (Fsp3) is 0.0833. The summed E-state index contributed by atoms with van der Waals surface area (Å²) in [5.74, 6) is 0.635. The van der Waals surface area contributed by atoms with Crippen LogP contribution in [0.1, 0.15) is 5.69 Å². The molecule has 2 aromatic heterocycles. The van der Waals surface area contributed by atoms with Gasteiger partial charge in [-0.1, -0.05) is 5.16 Å². The Bertz CT molecular complexity index is 699. The van der Waals surface area contributed by atoms with E-state index in [1.165, 1.54) is 12.1 Å². The smallest absolute Gasteiger partial charge is 0.171 e. The number of H-pyrrole nitrogens is 1. The quantitative estimate of drug-likeness (QED) is 0.676. The Morgan fingerprint density at radius 3 is 2.88 bits per heavy atom. The van der Waals surface area contributed by atoms with Crippen molar-refractivity contribution >= 4 is 16.7 Å². The number of aromatic amines is 1. The first-order valence-corrected chi connectivity index (χ1v) is 5.15. The maximum Gasteiger partial charge on any atom is 0.171 e. The highest BCUT2D eigenvalue weighted by molar-refractivity contribution is 5.96. The molecule has 0 aliphatic carbocycles. The monoisotopic (exact) mass is 231 g/mol. The third-order valence-corrected chi connectivity index (χ3v) is 2.72. The number of hydrogen-bond acceptors (Lipinski definition) is 3. The Balaban J connectivity index is 2.32. The number of benzene rings is 1. The normalized spacial score (nSPS) is 11.2. The van der Waals surface area contributed by atoms with Crippen LogP contribution >= 0.6 is 0 Å². The SMILES string of the molecule is Cc1[nH]c2cc(F)ccc2c1-c1cc(N)no1. The summed E-state index contributed by atoms with van der Waals surface area (Å²) in [6.45, 7) is 1.89. The van der Waals surface area contributed by atoms with Crippen LogP contribution in [0.25, 0.3) is 22.2 Å². The molecule has 0 unspecified atom stereocenters. The molecule has 0 saturated heterocycles. The summed E-state index contributed by atoms with van der Waals surface area (Å²) in [5, 5.41) is 4.54. The van der Waals surface area contributed by atoms with Gasteiger partial charge in [0.25, 0.3) is 0 Å². The predicted octanol–water partition coefficient (Wildman–Crippen LogP) is 2.85. The number of nitrogens with one attached hydrogen (secondary N) is 1. The van der Waals surface area contributed by atoms with E-state index in [0.29, 0.717) is 11.6 Å². The fourth-order valence-electron chi connectivity index (χ4n) is 2.03. The largest absolute Gasteiger partial charge is 0.381 e. The van der Waals surface area contributed by atoms with Gasteiger partial charge >= 0.3 is 0 Å². The van der Waals surface area contributed by atoms with E-state index in [2.05, 4.69) is 10.1 Å². The lowest BCUT2D eigenvalue weighted by Crippen LogP contribution is -1.80. The number of nitrogen functional groups attached to an aromatic ring is 1. The molecular weight excluding hydrogens is 221 g/mol. The van der Waals surface area contributed by atoms with Gasteiger partial charge in [-0.15, -0.1) is 0 Å². The number of nitrogens with two attached hydrogens (primary N) is 1. The third-order valence-electron chi connectivity index (χ3n) is 2.72. The molecule has 0 saturated carbocycles. The Morgan fingerprint density at radius 1 is 1.35 bits per heavy atom. The predicted molar refractivity (Wildman–Crippen MR) is 62.9 cm³/mol. The van der Waals surface area contributed by atoms with Gasteiger partial charge in [-0.3, -0.25) is 0 Å². The zero-order valence-corrected chi connectivity index (χ0v) is 9.12. The summed E-state index contributed by atoms with van der Waals surface area (Å²) in [6.07, 6.45) is 0. The first kappa shape index (κ1) is 9.89. The Kier molecular flexibility index (Phi) is 1.95. The van der Waals surface area contributed by atoms with Gasteiger partial charge in [0, 0.05) is 28.2 Å². The molecule has 86 valence electrons. The summed E-state index contributed by atoms with van der Waals surface area (Å²) >= 11 is 0. The Hall–Kier alpha value is -2.30. The number of halogens is 1. The van der Waals surface area contributed by atoms with Crippen molar-refractivity contribution in [1.82, 2.24) is 10.1 Å². The highest BCUT2D eigenvalue weighted by Crippen LogP contribution is 2.33. The maximum absolute atomic E-state index is 13.1. The first-order valence-electron chi connectivity index (χ1n) is 5.15. The standard InChI is InChI=1S/C12H10FN3O/c1-6-12(10-5-11(14)16-17-10)8-3-2-7(13)4-9(8)15-6/h2-5,15H,1H3,(H2,14,16). The summed E-state index contributed by atoms with van der Waals surface area (Å²) in [5.41, 5.74) is 8.01. The van der Waals surface area contributed by atoms with Crippen LogP contribution in [0.3, 0.4) is 0 Å². The second-order valence-electron chi connectivity index (χ2n) is 3.93. The van der Waals surface area contributed by atoms with Gasteiger partial charge in [0.15, 0.2) is 11.6 Å². The minimum absolute atomic E-state index is 0.276. The van der Waals surface area contributed by atoms with E-state index in [1.54, 1.807) is 12.1 Å². The van der Waals surface area contributed by atoms with Crippen LogP contribution in [0.2, 0.25) is 0 Å². The molecule has 3 rings (SSSR count). The van der Waals surface area contributed by atoms with Gasteiger partial charge in [0.1, 0.15) is 5.82 Å². The number of aryl methyl sites for hydroxylation is 1. The van der Waals surface area contributed by atoms with Crippen molar-refractivity contribution in [3.63, 3.8) is 0 Å². The number of rotatable bonds is 1. The van der Waals surface area contributed by atoms with Crippen molar-refractivity contribution in [3.05, 3.63) is 35.8 Å². The van der Waals surface area contributed by atoms with Crippen LogP contribution in [0, 0.1) is 12.7 Å². The van der Waals surface area contributed by atoms with Crippen LogP contribution < -0.4 is 5.73 Å². The lowest BCUT2D eigenvalue weighted by molar-refractivity contribution is 0.436. The number of aromatic nitrogens is 2. The molecule has 4 nitrogen and oxygen atoms in total. The van der Waals surface area contributed by atoms with Crippen molar-refractivity contribution in [3.8, 4) is 11.3 Å². The topological polar surface area (TPSA) is 67.8 Å². The second kappa shape index (κ2) is 3.35. The van der Waals surface area contributed by atoms with E-state index in [1.807, 2.05) is 6.92 Å². The van der Waals surface area contributed by atoms with E-state index in [-0.39, 0.29) is 5.82 Å². The van der Waals surface area contributed by atoms with Crippen LogP contribution in [-0.4, -0.2) is 10.1 Å². The number of fused-ring (bicyclic) bond motifs is 1. The summed E-state index contributed by atoms with van der Waals surface area (Å²) in [6, 6.07) is 6.23. The molecule has 2 heterocycles. The lowest BCUT2D eigenvalue weighted by Gasteiger charge is -1.94. The molecule has 3 aromatic rings. The Labute approximate surface area is 96.2 Å². The van der Waals surface area contributed by atoms with Gasteiger partial charge in [-0.2, -0.15) is 0 Å². The zero-order chi connectivity index (χ0) is 12.0. The van der Waals surface area contributed by atoms with Crippen molar-refractivity contribution < 1.29 is 8.91 Å². The van der Waals surface area contributed by atoms with Gasteiger partial charge in [-0.05, 0) is 25.1 Å². The molecular formula is C12H10FN3O. The van der Waals surface area contributed by atoms with Gasteiger partial charge in [-0.25, -0.2) is 4.39 Å². The average Bonchev–Trinajstić information content (AvgIpc) is 2.80. The number of nitrogens with zero attached hydrogens (tertiary/aromatic N) is 1. The van der Waals surface area contributed by atoms with Crippen molar-refractivity contribution in [1.29, 1.82) is 0 Å². The van der Waals surface area contributed by atoms with Crippen LogP contribution in [0.15, 0.2) is 28.8 Å². The molecule has 0 fully saturated rings. The summed E-state index contributed by atoms with van der Waals surface area (Å²) < 4.78 is 18.2. The van der Waals surface area contributed by atoms with Gasteiger partial charge < -0.3 is 15.2 Å². The second-order valence-corrected chi connectivity index (χ2v) is 3.93. The molecule has 0 radical (unpaired) electrons. The van der Waals surface area contributed by atoms with E-state index < -0.39 is 0 Å². The molecule has 0 aliphatic heterocycles. The van der Waals surface area contributed by atoms with Gasteiger partial charge in [0.05, 0.1) is 0 Å². The number of hydrogen-bond donors (Lipinski definition) is 2. The molecule has 5 heteroatoms. The Morgan fingerprint density at radius 2 is 2.18 bits per heavy atom. The highest BCUT2D eigenvalue weighted by atomic mass is 19.1. The van der Waals surface area contributed by atoms with Crippen molar-refractivity contribution in [2.24, 2.45) is 0 Å². The molecule has 0 aliphatic rings. The van der Waals surface area contributed by atoms with Gasteiger partial charge in [0.2, 0.25) is 0 Å². The highest BCUT2D eigenvalue weighted by Gasteiger charge is 2.14. The molecule has 0 spiro atoms. The van der Waals surface area contributed by atoms with Crippen LogP contribution in [-0.2, 0) is 0 Å². The van der Waals surface area contributed by atoms with E-state index in [0.717, 1.165) is 22.2 Å². The van der Waals surface area contributed by atoms with E-state index in [9.17, 15) is 4.39 Å². The maximum atomic E-state index is 13.1. The van der Waals surface area contributed by atoms with Crippen molar-refractivity contribution in [2.75, 3.05) is 5.73 Å². The zero-order valence-electron chi connectivity index (χ0n) is 9.12. The third kappa shape index (κ3) is 1.47. The molecule has 0 amide bonds. The molecule has 3 N–H and O–H groups in total. The number of anilines is 1. The fourth-order valence-corrected chi connectivity index (χ4v) is 2.03. The first-order chi connectivity index (χ1) is 8.15. The van der Waals surface area contributed by atoms with Crippen LogP contribution in [0.5, 0.6) is 0 Å². The lowest BCUT2D eigenvalue weighted by atomic mass is 10.1. The molecule has 1 aromatic carbocycles. The van der Waals surface area contributed by atoms with E-state index >= 15 is 0 Å². The minimum Gasteiger partial charge on any atom is -0.381 e. The molecule has 17 heavy (non-hydrogen) atoms. The average molecular weight is 231 g/mol. The summed E-state index contributed by atoms with van der Waals surface area (Å²) in [4.78, 5) is 3.11. The minimum atomic E-state index is -0.276. The van der Waals surface area contributed by atoms with Crippen molar-refractivity contribution in [2.45, 2.75) is 6.92 Å². The molecule has 0 bridgehead atoms. The summed E-state index contributed by atoms with van der Waals surface area (Å²) in [7, 11) is 0. The van der Waals surface area contributed by atoms with Crippen LogP contribution in [0.4, 0.5) is 10.2 Å². The molecule has 0 atom stereocenters. The van der Waals surface area contributed by atoms with E-state index in [4.69, 9.17) is 10.3 Å².